The summed E-state index contributed by atoms with van der Waals surface area (Å²) in [6, 6.07) is 27.8. The first kappa shape index (κ1) is 73.0. The smallest absolute Gasteiger partial charge is 0.291 e. The number of aromatic nitrogens is 15. The van der Waals surface area contributed by atoms with E-state index in [1.54, 1.807) is 92.2 Å². The van der Waals surface area contributed by atoms with Gasteiger partial charge in [-0.25, -0.2) is 0 Å². The second kappa shape index (κ2) is 36.4. The van der Waals surface area contributed by atoms with Crippen LogP contribution in [0, 0.1) is 0 Å². The molecule has 0 bridgehead atoms. The first-order chi connectivity index (χ1) is 51.0. The number of aromatic amines is 3. The Labute approximate surface area is 596 Å². The minimum Gasteiger partial charge on any atom is -0.483 e. The zero-order valence-corrected chi connectivity index (χ0v) is 57.4. The summed E-state index contributed by atoms with van der Waals surface area (Å²) >= 11 is 0. The van der Waals surface area contributed by atoms with Crippen LogP contribution >= 0.6 is 0 Å². The Hall–Kier alpha value is -12.2. The van der Waals surface area contributed by atoms with Crippen LogP contribution in [0.25, 0.3) is 68.1 Å². The monoisotopic (exact) mass is 1420 g/mol. The average molecular weight is 1420 g/mol. The Morgan fingerprint density at radius 2 is 0.760 bits per heavy atom. The van der Waals surface area contributed by atoms with Gasteiger partial charge in [-0.3, -0.25) is 68.3 Å². The third-order valence-electron chi connectivity index (χ3n) is 17.5. The molecule has 31 heteroatoms. The van der Waals surface area contributed by atoms with E-state index in [4.69, 9.17) is 62.6 Å². The average Bonchev–Trinajstić information content (AvgIpc) is 1.66. The van der Waals surface area contributed by atoms with Crippen LogP contribution in [0.4, 0.5) is 17.1 Å². The van der Waals surface area contributed by atoms with Crippen molar-refractivity contribution in [2.24, 2.45) is 0 Å². The van der Waals surface area contributed by atoms with Crippen LogP contribution in [0.2, 0.25) is 0 Å². The van der Waals surface area contributed by atoms with Crippen LogP contribution in [0.5, 0.6) is 0 Å². The number of rotatable bonds is 21. The number of hydrogen-bond acceptors (Lipinski definition) is 20. The number of ether oxygens (including phenoxy) is 3. The van der Waals surface area contributed by atoms with Gasteiger partial charge in [-0.05, 0) is 164 Å². The molecule has 3 aliphatic rings. The summed E-state index contributed by atoms with van der Waals surface area (Å²) in [5.74, 6) is 1.29. The van der Waals surface area contributed by atoms with Crippen molar-refractivity contribution >= 4 is 47.7 Å². The third-order valence-corrected chi connectivity index (χ3v) is 17.5. The Bertz CT molecular complexity index is 4390. The molecule has 12 heterocycles. The molecule has 8 N–H and O–H groups in total. The molecule has 0 aromatic carbocycles. The number of carboxylic acid groups (broad SMARTS) is 2. The van der Waals surface area contributed by atoms with Crippen LogP contribution in [0.3, 0.4) is 0 Å². The van der Waals surface area contributed by atoms with Crippen LogP contribution in [0.15, 0.2) is 179 Å². The number of carbonyl (C=O) groups is 5. The van der Waals surface area contributed by atoms with Gasteiger partial charge in [0.1, 0.15) is 34.4 Å². The van der Waals surface area contributed by atoms with E-state index in [2.05, 4.69) is 61.5 Å². The highest BCUT2D eigenvalue weighted by atomic mass is 16.5. The van der Waals surface area contributed by atoms with Crippen molar-refractivity contribution in [3.8, 4) is 68.1 Å². The molecule has 15 rings (SSSR count). The number of pyridine rings is 3. The number of nitrogens with zero attached hydrogens (tertiary/aromatic N) is 12. The molecule has 0 unspecified atom stereocenters. The molecule has 104 heavy (non-hydrogen) atoms. The van der Waals surface area contributed by atoms with Crippen molar-refractivity contribution in [3.63, 3.8) is 0 Å². The summed E-state index contributed by atoms with van der Waals surface area (Å²) in [6.45, 7) is 7.77. The van der Waals surface area contributed by atoms with Gasteiger partial charge in [0.2, 0.25) is 0 Å². The normalized spacial score (nSPS) is 17.5. The van der Waals surface area contributed by atoms with E-state index >= 15 is 0 Å². The van der Waals surface area contributed by atoms with E-state index in [0.29, 0.717) is 87.3 Å². The molecule has 3 aliphatic carbocycles. The van der Waals surface area contributed by atoms with Gasteiger partial charge < -0.3 is 53.6 Å². The zero-order valence-electron chi connectivity index (χ0n) is 57.4. The molecule has 12 aromatic heterocycles. The van der Waals surface area contributed by atoms with Gasteiger partial charge in [-0.15, -0.1) is 0 Å². The van der Waals surface area contributed by atoms with Crippen molar-refractivity contribution in [1.29, 1.82) is 0 Å². The number of furan rings is 3. The lowest BCUT2D eigenvalue weighted by atomic mass is 9.93. The maximum absolute atomic E-state index is 13.0. The highest BCUT2D eigenvalue weighted by Gasteiger charge is 2.31. The summed E-state index contributed by atoms with van der Waals surface area (Å²) in [5, 5.41) is 57.1. The van der Waals surface area contributed by atoms with E-state index < -0.39 is 0 Å². The Morgan fingerprint density at radius 3 is 1.06 bits per heavy atom. The molecule has 3 fully saturated rings. The molecule has 0 radical (unpaired) electrons. The van der Waals surface area contributed by atoms with E-state index in [1.807, 2.05) is 108 Å². The summed E-state index contributed by atoms with van der Waals surface area (Å²) in [5.41, 5.74) is 8.12. The van der Waals surface area contributed by atoms with Gasteiger partial charge in [0.05, 0.1) is 106 Å². The van der Waals surface area contributed by atoms with Crippen molar-refractivity contribution in [1.82, 2.24) is 74.9 Å². The number of amides is 3. The second-order valence-electron chi connectivity index (χ2n) is 24.1. The van der Waals surface area contributed by atoms with Gasteiger partial charge >= 0.3 is 0 Å². The Balaban J connectivity index is 0.000000150. The molecule has 0 saturated heterocycles. The third kappa shape index (κ3) is 18.8. The van der Waals surface area contributed by atoms with Crippen LogP contribution in [-0.2, 0) is 23.8 Å². The predicted octanol–water partition coefficient (Wildman–Crippen LogP) is 13.1. The minimum absolute atomic E-state index is 0.207. The maximum Gasteiger partial charge on any atom is 0.291 e. The van der Waals surface area contributed by atoms with Crippen molar-refractivity contribution in [3.05, 3.63) is 183 Å². The lowest BCUT2D eigenvalue weighted by Crippen LogP contribution is -2.24. The number of carbonyl (C=O) groups excluding carboxylic acids is 3. The van der Waals surface area contributed by atoms with Crippen molar-refractivity contribution < 1.29 is 61.6 Å². The molecule has 540 valence electrons. The summed E-state index contributed by atoms with van der Waals surface area (Å²) in [7, 11) is 0. The molecule has 0 aliphatic heterocycles. The highest BCUT2D eigenvalue weighted by molar-refractivity contribution is 6.06. The lowest BCUT2D eigenvalue weighted by Gasteiger charge is -2.28. The zero-order chi connectivity index (χ0) is 72.6. The van der Waals surface area contributed by atoms with Crippen LogP contribution < -0.4 is 16.0 Å². The van der Waals surface area contributed by atoms with Gasteiger partial charge in [0, 0.05) is 75.6 Å². The standard InChI is InChI=1S/2C24H26N6O3.C23H24N6O3.2CH2O2/c2*1-2-32-18-8-6-17(7-9-18)30-15-20(23(29-30)19-5-3-4-12-25-19)28-24(31)22-11-10-21(33-22)16-13-26-27-14-16;1-2-31-17-7-6-16(11-17)29-14-19(22(28-29)18-5-3-4-10-24-18)27-23(30)21-9-8-20(32-21)15-12-25-26-13-15;2*2-1-3/h2*3-5,10-15,17-18H,2,6-9H2,1H3,(H,26,27)(H,28,31);3-5,8-10,12-14,16-17H,2,6-7,11H2,1H3,(H,25,26)(H,27,30);2*1H,(H,2,3)/t;;16-,17+;;/m..0../s1. The van der Waals surface area contributed by atoms with Crippen molar-refractivity contribution in [2.45, 2.75) is 128 Å². The highest BCUT2D eigenvalue weighted by Crippen LogP contribution is 2.38. The number of nitrogens with one attached hydrogen (secondary N) is 6. The SMILES string of the molecule is CCOC1CCC(n2cc(NC(=O)c3ccc(-c4cn[nH]c4)o3)c(-c3ccccn3)n2)CC1.CCOC1CCC(n2cc(NC(=O)c3ccc(-c4cn[nH]c4)o3)c(-c3ccccn3)n2)CC1.CCO[C@@H]1CC[C@H](n2cc(NC(=O)c3ccc(-c4cn[nH]c4)o3)c(-c3ccccn3)n2)C1.O=CO.O=CO. The van der Waals surface area contributed by atoms with E-state index in [9.17, 15) is 14.4 Å². The largest absolute Gasteiger partial charge is 0.483 e. The van der Waals surface area contributed by atoms with Gasteiger partial charge in [0.25, 0.3) is 30.7 Å². The molecule has 31 nitrogen and oxygen atoms in total. The molecule has 12 aromatic rings. The maximum atomic E-state index is 13.0. The first-order valence-corrected chi connectivity index (χ1v) is 34.2. The lowest BCUT2D eigenvalue weighted by molar-refractivity contribution is -0.123. The quantitative estimate of drug-likeness (QED) is 0.0310. The number of H-pyrrole nitrogens is 3. The predicted molar refractivity (Wildman–Crippen MR) is 381 cm³/mol. The number of hydrogen-bond donors (Lipinski definition) is 8. The van der Waals surface area contributed by atoms with Gasteiger partial charge in [0.15, 0.2) is 17.3 Å². The fraction of sp³-hybridized carbons (Fsp3) is 0.315. The summed E-state index contributed by atoms with van der Waals surface area (Å²) < 4.78 is 40.4. The molecule has 2 atom stereocenters. The topological polar surface area (TPSA) is 407 Å². The van der Waals surface area contributed by atoms with Crippen LogP contribution in [-0.4, -0.2) is 154 Å². The van der Waals surface area contributed by atoms with Gasteiger partial charge in [-0.1, -0.05) is 18.2 Å². The Kier molecular flexibility index (Phi) is 25.6. The van der Waals surface area contributed by atoms with E-state index in [1.165, 1.54) is 0 Å². The fourth-order valence-electron chi connectivity index (χ4n) is 12.6. The molecular formula is C73H80N18O13. The van der Waals surface area contributed by atoms with Crippen molar-refractivity contribution in [2.75, 3.05) is 35.8 Å². The summed E-state index contributed by atoms with van der Waals surface area (Å²) in [6.07, 6.45) is 32.6. The second-order valence-corrected chi connectivity index (χ2v) is 24.1. The fourth-order valence-corrected chi connectivity index (χ4v) is 12.6. The Morgan fingerprint density at radius 1 is 0.452 bits per heavy atom. The van der Waals surface area contributed by atoms with Crippen LogP contribution in [0.1, 0.15) is 141 Å². The molecule has 3 saturated carbocycles. The number of anilines is 3. The molecular weight excluding hydrogens is 1340 g/mol. The van der Waals surface area contributed by atoms with Gasteiger partial charge in [-0.2, -0.15) is 30.6 Å². The summed E-state index contributed by atoms with van der Waals surface area (Å²) in [4.78, 5) is 68.9. The molecule has 0 spiro atoms. The van der Waals surface area contributed by atoms with E-state index in [-0.39, 0.29) is 72.2 Å². The van der Waals surface area contributed by atoms with E-state index in [0.717, 1.165) is 101 Å². The minimum atomic E-state index is -0.352. The first-order valence-electron chi connectivity index (χ1n) is 34.2. The molecule has 3 amide bonds.